The first kappa shape index (κ1) is 16.4. The van der Waals surface area contributed by atoms with Crippen molar-refractivity contribution in [3.63, 3.8) is 0 Å². The van der Waals surface area contributed by atoms with Gasteiger partial charge < -0.3 is 4.74 Å². The zero-order valence-electron chi connectivity index (χ0n) is 14.1. The fourth-order valence-electron chi connectivity index (χ4n) is 3.15. The highest BCUT2D eigenvalue weighted by molar-refractivity contribution is 5.81. The topological polar surface area (TPSA) is 22.1 Å². The number of fused-ring (bicyclic) bond motifs is 1. The lowest BCUT2D eigenvalue weighted by Crippen LogP contribution is -2.13. The van der Waals surface area contributed by atoms with Crippen molar-refractivity contribution in [1.29, 1.82) is 0 Å². The van der Waals surface area contributed by atoms with Gasteiger partial charge in [0.1, 0.15) is 11.9 Å². The van der Waals surface area contributed by atoms with E-state index in [1.807, 2.05) is 61.5 Å². The van der Waals surface area contributed by atoms with E-state index in [4.69, 9.17) is 4.74 Å². The van der Waals surface area contributed by atoms with Crippen molar-refractivity contribution in [2.75, 3.05) is 7.11 Å². The highest BCUT2D eigenvalue weighted by Gasteiger charge is 2.21. The number of para-hydroxylation sites is 2. The van der Waals surface area contributed by atoms with Crippen molar-refractivity contribution < 1.29 is 9.13 Å². The molecule has 0 aliphatic heterocycles. The third-order valence-corrected chi connectivity index (χ3v) is 4.58. The van der Waals surface area contributed by atoms with Gasteiger partial charge in [0.25, 0.3) is 0 Å². The first-order chi connectivity index (χ1) is 11.7. The lowest BCUT2D eigenvalue weighted by atomic mass is 9.91. The smallest absolute Gasteiger partial charge is 0.122 e. The number of nitrogens with zero attached hydrogens (tertiary/aromatic N) is 1. The van der Waals surface area contributed by atoms with Gasteiger partial charge >= 0.3 is 0 Å². The van der Waals surface area contributed by atoms with Crippen LogP contribution in [0.4, 0.5) is 4.39 Å². The summed E-state index contributed by atoms with van der Waals surface area (Å²) in [6, 6.07) is 17.7. The van der Waals surface area contributed by atoms with Gasteiger partial charge in [0.05, 0.1) is 12.6 Å². The highest BCUT2D eigenvalue weighted by atomic mass is 19.1. The predicted octanol–water partition coefficient (Wildman–Crippen LogP) is 5.32. The molecule has 0 spiro atoms. The molecule has 0 saturated heterocycles. The molecule has 0 aliphatic carbocycles. The minimum atomic E-state index is -0.930. The Morgan fingerprint density at radius 3 is 2.67 bits per heavy atom. The van der Waals surface area contributed by atoms with E-state index in [0.717, 1.165) is 27.8 Å². The number of aryl methyl sites for hydroxylation is 1. The van der Waals surface area contributed by atoms with E-state index in [1.165, 1.54) is 0 Å². The van der Waals surface area contributed by atoms with Gasteiger partial charge in [-0.1, -0.05) is 49.4 Å². The monoisotopic (exact) mass is 323 g/mol. The molecule has 1 aromatic heterocycles. The van der Waals surface area contributed by atoms with Crippen LogP contribution in [0.2, 0.25) is 0 Å². The van der Waals surface area contributed by atoms with Crippen LogP contribution in [0.15, 0.2) is 60.8 Å². The van der Waals surface area contributed by atoms with Crippen molar-refractivity contribution in [1.82, 2.24) is 4.98 Å². The fraction of sp³-hybridized carbons (Fsp3) is 0.286. The number of halogens is 1. The number of hydrogen-bond acceptors (Lipinski definition) is 2. The molecular formula is C21H22FNO. The number of aromatic nitrogens is 1. The van der Waals surface area contributed by atoms with Crippen molar-refractivity contribution in [3.8, 4) is 5.75 Å². The molecule has 2 nitrogen and oxygen atoms in total. The van der Waals surface area contributed by atoms with Crippen LogP contribution in [0, 0.1) is 0 Å². The molecule has 0 bridgehead atoms. The molecule has 2 aromatic carbocycles. The van der Waals surface area contributed by atoms with E-state index in [-0.39, 0.29) is 5.92 Å². The molecule has 3 aromatic rings. The van der Waals surface area contributed by atoms with Crippen molar-refractivity contribution in [3.05, 3.63) is 71.9 Å². The fourth-order valence-corrected chi connectivity index (χ4v) is 3.15. The largest absolute Gasteiger partial charge is 0.496 e. The van der Waals surface area contributed by atoms with E-state index in [0.29, 0.717) is 12.8 Å². The normalized spacial score (nSPS) is 13.6. The molecule has 3 rings (SSSR count). The standard InChI is InChI=1S/C21H22FNO/c1-15(18-10-3-4-11-20(18)24-2)19(22)13-12-17-8-5-7-16-9-6-14-23-21(16)17/h3-11,14-15,19H,12-13H2,1-2H3. The summed E-state index contributed by atoms with van der Waals surface area (Å²) in [5.41, 5.74) is 2.99. The number of methoxy groups -OCH3 is 1. The summed E-state index contributed by atoms with van der Waals surface area (Å²) in [6.45, 7) is 1.92. The number of rotatable bonds is 6. The number of hydrogen-bond donors (Lipinski definition) is 0. The van der Waals surface area contributed by atoms with Gasteiger partial charge in [-0.15, -0.1) is 0 Å². The Morgan fingerprint density at radius 1 is 1.04 bits per heavy atom. The maximum Gasteiger partial charge on any atom is 0.122 e. The molecule has 2 unspecified atom stereocenters. The maximum absolute atomic E-state index is 14.8. The predicted molar refractivity (Wildman–Crippen MR) is 96.4 cm³/mol. The number of pyridine rings is 1. The maximum atomic E-state index is 14.8. The lowest BCUT2D eigenvalue weighted by Gasteiger charge is -2.19. The summed E-state index contributed by atoms with van der Waals surface area (Å²) < 4.78 is 20.2. The Labute approximate surface area is 142 Å². The van der Waals surface area contributed by atoms with E-state index in [1.54, 1.807) is 13.3 Å². The third kappa shape index (κ3) is 3.40. The van der Waals surface area contributed by atoms with Crippen LogP contribution in [-0.4, -0.2) is 18.3 Å². The summed E-state index contributed by atoms with van der Waals surface area (Å²) in [7, 11) is 1.63. The van der Waals surface area contributed by atoms with Crippen LogP contribution in [-0.2, 0) is 6.42 Å². The van der Waals surface area contributed by atoms with Gasteiger partial charge in [-0.05, 0) is 36.1 Å². The molecular weight excluding hydrogens is 301 g/mol. The van der Waals surface area contributed by atoms with Crippen molar-refractivity contribution in [2.45, 2.75) is 31.9 Å². The average Bonchev–Trinajstić information content (AvgIpc) is 2.65. The van der Waals surface area contributed by atoms with Crippen molar-refractivity contribution in [2.24, 2.45) is 0 Å². The summed E-state index contributed by atoms with van der Waals surface area (Å²) in [5.74, 6) is 0.545. The molecule has 124 valence electrons. The summed E-state index contributed by atoms with van der Waals surface area (Å²) in [5, 5.41) is 1.10. The molecule has 0 N–H and O–H groups in total. The van der Waals surface area contributed by atoms with Gasteiger partial charge in [-0.25, -0.2) is 4.39 Å². The van der Waals surface area contributed by atoms with Gasteiger partial charge in [0.15, 0.2) is 0 Å². The molecule has 0 aliphatic rings. The SMILES string of the molecule is COc1ccccc1C(C)C(F)CCc1cccc2cccnc12. The van der Waals surface area contributed by atoms with Crippen LogP contribution >= 0.6 is 0 Å². The zero-order chi connectivity index (χ0) is 16.9. The van der Waals surface area contributed by atoms with E-state index < -0.39 is 6.17 Å². The zero-order valence-corrected chi connectivity index (χ0v) is 14.1. The summed E-state index contributed by atoms with van der Waals surface area (Å²) in [6.07, 6.45) is 2.00. The van der Waals surface area contributed by atoms with Crippen LogP contribution < -0.4 is 4.74 Å². The summed E-state index contributed by atoms with van der Waals surface area (Å²) >= 11 is 0. The Morgan fingerprint density at radius 2 is 1.83 bits per heavy atom. The molecule has 2 atom stereocenters. The molecule has 0 amide bonds. The Balaban J connectivity index is 1.74. The lowest BCUT2D eigenvalue weighted by molar-refractivity contribution is 0.270. The van der Waals surface area contributed by atoms with Gasteiger partial charge in [0.2, 0.25) is 0 Å². The molecule has 24 heavy (non-hydrogen) atoms. The molecule has 0 saturated carbocycles. The first-order valence-electron chi connectivity index (χ1n) is 8.30. The van der Waals surface area contributed by atoms with Gasteiger partial charge in [-0.3, -0.25) is 4.98 Å². The average molecular weight is 323 g/mol. The molecule has 0 fully saturated rings. The van der Waals surface area contributed by atoms with E-state index >= 15 is 0 Å². The van der Waals surface area contributed by atoms with Crippen LogP contribution in [0.1, 0.15) is 30.4 Å². The second kappa shape index (κ2) is 7.43. The van der Waals surface area contributed by atoms with Crippen LogP contribution in [0.3, 0.4) is 0 Å². The Kier molecular flexibility index (Phi) is 5.09. The Hall–Kier alpha value is -2.42. The van der Waals surface area contributed by atoms with Gasteiger partial charge in [-0.2, -0.15) is 0 Å². The molecule has 1 heterocycles. The van der Waals surface area contributed by atoms with E-state index in [2.05, 4.69) is 4.98 Å². The van der Waals surface area contributed by atoms with Crippen molar-refractivity contribution >= 4 is 10.9 Å². The minimum absolute atomic E-state index is 0.205. The second-order valence-corrected chi connectivity index (χ2v) is 6.08. The third-order valence-electron chi connectivity index (χ3n) is 4.58. The Bertz CT molecular complexity index is 812. The second-order valence-electron chi connectivity index (χ2n) is 6.08. The number of alkyl halides is 1. The first-order valence-corrected chi connectivity index (χ1v) is 8.30. The quantitative estimate of drug-likeness (QED) is 0.612. The number of benzene rings is 2. The number of ether oxygens (including phenoxy) is 1. The van der Waals surface area contributed by atoms with Crippen LogP contribution in [0.25, 0.3) is 10.9 Å². The molecule has 3 heteroatoms. The summed E-state index contributed by atoms with van der Waals surface area (Å²) in [4.78, 5) is 4.45. The minimum Gasteiger partial charge on any atom is -0.496 e. The molecule has 0 radical (unpaired) electrons. The highest BCUT2D eigenvalue weighted by Crippen LogP contribution is 2.32. The van der Waals surface area contributed by atoms with E-state index in [9.17, 15) is 4.39 Å². The van der Waals surface area contributed by atoms with Crippen LogP contribution in [0.5, 0.6) is 5.75 Å². The van der Waals surface area contributed by atoms with Gasteiger partial charge in [0, 0.05) is 17.5 Å².